The lowest BCUT2D eigenvalue weighted by atomic mass is 9.78. The highest BCUT2D eigenvalue weighted by atomic mass is 16.5. The molecule has 1 aliphatic carbocycles. The van der Waals surface area contributed by atoms with E-state index in [2.05, 4.69) is 39.9 Å². The maximum absolute atomic E-state index is 6.36. The maximum atomic E-state index is 6.36. The first-order valence-corrected chi connectivity index (χ1v) is 7.72. The number of hydrogen-bond acceptors (Lipinski definition) is 2. The van der Waals surface area contributed by atoms with Crippen LogP contribution in [-0.4, -0.2) is 25.3 Å². The molecule has 1 aliphatic rings. The van der Waals surface area contributed by atoms with Crippen molar-refractivity contribution in [3.05, 3.63) is 0 Å². The third-order valence-corrected chi connectivity index (χ3v) is 4.01. The molecular formula is C16H33NO. The van der Waals surface area contributed by atoms with Crippen LogP contribution in [0.15, 0.2) is 0 Å². The second-order valence-electron chi connectivity index (χ2n) is 7.32. The van der Waals surface area contributed by atoms with Crippen molar-refractivity contribution in [3.8, 4) is 0 Å². The Hall–Kier alpha value is -0.0800. The fraction of sp³-hybridized carbons (Fsp3) is 1.00. The molecule has 108 valence electrons. The summed E-state index contributed by atoms with van der Waals surface area (Å²) in [7, 11) is 0. The molecule has 0 amide bonds. The van der Waals surface area contributed by atoms with E-state index >= 15 is 0 Å². The Balaban J connectivity index is 2.49. The van der Waals surface area contributed by atoms with Crippen LogP contribution in [0.5, 0.6) is 0 Å². The van der Waals surface area contributed by atoms with Crippen molar-refractivity contribution < 1.29 is 4.74 Å². The molecular weight excluding hydrogens is 222 g/mol. The van der Waals surface area contributed by atoms with Gasteiger partial charge in [-0.05, 0) is 37.1 Å². The number of nitrogens with one attached hydrogen (secondary N) is 1. The maximum Gasteiger partial charge on any atom is 0.0808 e. The fourth-order valence-corrected chi connectivity index (χ4v) is 2.88. The van der Waals surface area contributed by atoms with Crippen LogP contribution >= 0.6 is 0 Å². The normalized spacial score (nSPS) is 29.5. The van der Waals surface area contributed by atoms with E-state index in [1.807, 2.05) is 0 Å². The second kappa shape index (κ2) is 6.91. The van der Waals surface area contributed by atoms with Crippen molar-refractivity contribution >= 4 is 0 Å². The molecule has 1 N–H and O–H groups in total. The molecule has 0 aliphatic heterocycles. The molecule has 0 aromatic heterocycles. The highest BCUT2D eigenvalue weighted by molar-refractivity contribution is 4.89. The molecule has 0 spiro atoms. The summed E-state index contributed by atoms with van der Waals surface area (Å²) in [6.07, 6.45) is 6.30. The lowest BCUT2D eigenvalue weighted by Crippen LogP contribution is -2.46. The molecule has 1 fully saturated rings. The van der Waals surface area contributed by atoms with Crippen LogP contribution in [0, 0.1) is 11.3 Å². The van der Waals surface area contributed by atoms with E-state index in [4.69, 9.17) is 4.74 Å². The van der Waals surface area contributed by atoms with Crippen LogP contribution in [0.4, 0.5) is 0 Å². The van der Waals surface area contributed by atoms with E-state index in [9.17, 15) is 0 Å². The zero-order chi connectivity index (χ0) is 13.6. The molecule has 2 atom stereocenters. The summed E-state index contributed by atoms with van der Waals surface area (Å²) < 4.78 is 6.36. The minimum absolute atomic E-state index is 0.110. The molecule has 2 nitrogen and oxygen atoms in total. The van der Waals surface area contributed by atoms with Crippen LogP contribution in [0.2, 0.25) is 0 Å². The number of ether oxygens (including phenoxy) is 1. The Bertz CT molecular complexity index is 234. The zero-order valence-electron chi connectivity index (χ0n) is 13.1. The second-order valence-corrected chi connectivity index (χ2v) is 7.32. The van der Waals surface area contributed by atoms with Crippen molar-refractivity contribution in [3.63, 3.8) is 0 Å². The minimum atomic E-state index is 0.110. The summed E-state index contributed by atoms with van der Waals surface area (Å²) in [6, 6.07) is 0. The first-order chi connectivity index (χ1) is 8.37. The summed E-state index contributed by atoms with van der Waals surface area (Å²) in [4.78, 5) is 0. The van der Waals surface area contributed by atoms with E-state index in [-0.39, 0.29) is 5.60 Å². The standard InChI is InChI=1S/C16H33NO/c1-6-17-13-16(9-7-8-14(2)12-16)18-11-10-15(3,4)5/h14,17H,6-13H2,1-5H3. The van der Waals surface area contributed by atoms with Gasteiger partial charge in [0.1, 0.15) is 0 Å². The van der Waals surface area contributed by atoms with Crippen LogP contribution in [-0.2, 0) is 4.74 Å². The van der Waals surface area contributed by atoms with E-state index in [1.54, 1.807) is 0 Å². The molecule has 2 heteroatoms. The quantitative estimate of drug-likeness (QED) is 0.774. The molecule has 1 rings (SSSR count). The Morgan fingerprint density at radius 2 is 2.06 bits per heavy atom. The largest absolute Gasteiger partial charge is 0.374 e. The first-order valence-electron chi connectivity index (χ1n) is 7.72. The molecule has 2 unspecified atom stereocenters. The van der Waals surface area contributed by atoms with E-state index in [0.717, 1.165) is 32.0 Å². The summed E-state index contributed by atoms with van der Waals surface area (Å²) in [5, 5.41) is 3.50. The monoisotopic (exact) mass is 255 g/mol. The predicted molar refractivity (Wildman–Crippen MR) is 78.9 cm³/mol. The first kappa shape index (κ1) is 16.0. The lowest BCUT2D eigenvalue weighted by Gasteiger charge is -2.40. The molecule has 0 heterocycles. The summed E-state index contributed by atoms with van der Waals surface area (Å²) >= 11 is 0. The van der Waals surface area contributed by atoms with Gasteiger partial charge in [0, 0.05) is 13.2 Å². The Labute approximate surface area is 114 Å². The van der Waals surface area contributed by atoms with E-state index in [1.165, 1.54) is 25.7 Å². The lowest BCUT2D eigenvalue weighted by molar-refractivity contribution is -0.0852. The molecule has 0 saturated heterocycles. The summed E-state index contributed by atoms with van der Waals surface area (Å²) in [6.45, 7) is 14.4. The van der Waals surface area contributed by atoms with Gasteiger partial charge in [0.15, 0.2) is 0 Å². The van der Waals surface area contributed by atoms with Crippen LogP contribution < -0.4 is 5.32 Å². The van der Waals surface area contributed by atoms with Gasteiger partial charge >= 0.3 is 0 Å². The van der Waals surface area contributed by atoms with Gasteiger partial charge in [0.05, 0.1) is 5.60 Å². The van der Waals surface area contributed by atoms with Crippen molar-refractivity contribution in [2.45, 2.75) is 72.3 Å². The van der Waals surface area contributed by atoms with Gasteiger partial charge in [0.2, 0.25) is 0 Å². The van der Waals surface area contributed by atoms with Gasteiger partial charge in [-0.1, -0.05) is 47.5 Å². The fourth-order valence-electron chi connectivity index (χ4n) is 2.88. The van der Waals surface area contributed by atoms with Crippen molar-refractivity contribution in [2.75, 3.05) is 19.7 Å². The number of hydrogen-bond donors (Lipinski definition) is 1. The Kier molecular flexibility index (Phi) is 6.13. The van der Waals surface area contributed by atoms with Gasteiger partial charge in [-0.3, -0.25) is 0 Å². The SMILES string of the molecule is CCNCC1(OCCC(C)(C)C)CCCC(C)C1. The minimum Gasteiger partial charge on any atom is -0.374 e. The van der Waals surface area contributed by atoms with Gasteiger partial charge in [0.25, 0.3) is 0 Å². The van der Waals surface area contributed by atoms with Crippen LogP contribution in [0.1, 0.15) is 66.7 Å². The predicted octanol–water partition coefficient (Wildman–Crippen LogP) is 4.00. The molecule has 0 bridgehead atoms. The summed E-state index contributed by atoms with van der Waals surface area (Å²) in [5.74, 6) is 0.812. The van der Waals surface area contributed by atoms with Crippen molar-refractivity contribution in [1.29, 1.82) is 0 Å². The Morgan fingerprint density at radius 3 is 2.61 bits per heavy atom. The Morgan fingerprint density at radius 1 is 1.33 bits per heavy atom. The van der Waals surface area contributed by atoms with Crippen LogP contribution in [0.25, 0.3) is 0 Å². The highest BCUT2D eigenvalue weighted by Gasteiger charge is 2.35. The van der Waals surface area contributed by atoms with Gasteiger partial charge in [-0.2, -0.15) is 0 Å². The van der Waals surface area contributed by atoms with Crippen molar-refractivity contribution in [2.24, 2.45) is 11.3 Å². The van der Waals surface area contributed by atoms with Gasteiger partial charge in [-0.15, -0.1) is 0 Å². The number of likely N-dealkylation sites (N-methyl/N-ethyl adjacent to an activating group) is 1. The molecule has 1 saturated carbocycles. The topological polar surface area (TPSA) is 21.3 Å². The molecule has 0 aromatic rings. The van der Waals surface area contributed by atoms with Crippen molar-refractivity contribution in [1.82, 2.24) is 5.32 Å². The molecule has 0 radical (unpaired) electrons. The molecule has 18 heavy (non-hydrogen) atoms. The average Bonchev–Trinajstić information content (AvgIpc) is 2.25. The van der Waals surface area contributed by atoms with Crippen LogP contribution in [0.3, 0.4) is 0 Å². The average molecular weight is 255 g/mol. The van der Waals surface area contributed by atoms with E-state index < -0.39 is 0 Å². The highest BCUT2D eigenvalue weighted by Crippen LogP contribution is 2.35. The van der Waals surface area contributed by atoms with E-state index in [0.29, 0.717) is 5.41 Å². The molecule has 0 aromatic carbocycles. The third kappa shape index (κ3) is 5.71. The zero-order valence-corrected chi connectivity index (χ0v) is 13.1. The summed E-state index contributed by atoms with van der Waals surface area (Å²) in [5.41, 5.74) is 0.485. The van der Waals surface area contributed by atoms with Gasteiger partial charge < -0.3 is 10.1 Å². The van der Waals surface area contributed by atoms with Gasteiger partial charge in [-0.25, -0.2) is 0 Å². The third-order valence-electron chi connectivity index (χ3n) is 4.01. The number of rotatable bonds is 6. The smallest absolute Gasteiger partial charge is 0.0808 e.